The van der Waals surface area contributed by atoms with Crippen molar-refractivity contribution in [3.8, 4) is 22.4 Å². The molecule has 0 fully saturated rings. The van der Waals surface area contributed by atoms with Gasteiger partial charge in [0.15, 0.2) is 15.5 Å². The van der Waals surface area contributed by atoms with Crippen LogP contribution in [0.3, 0.4) is 0 Å². The first kappa shape index (κ1) is 29.0. The number of rotatable bonds is 8. The molecule has 3 aromatic heterocycles. The summed E-state index contributed by atoms with van der Waals surface area (Å²) in [5.74, 6) is -2.12. The monoisotopic (exact) mass is 574 g/mol. The molecule has 1 atom stereocenters. The fourth-order valence-electron chi connectivity index (χ4n) is 4.73. The lowest BCUT2D eigenvalue weighted by atomic mass is 10.1. The summed E-state index contributed by atoms with van der Waals surface area (Å²) in [5, 5.41) is 4.25. The molecule has 1 aromatic carbocycles. The molecule has 40 heavy (non-hydrogen) atoms. The molecule has 0 saturated heterocycles. The van der Waals surface area contributed by atoms with E-state index in [0.717, 1.165) is 22.4 Å². The van der Waals surface area contributed by atoms with E-state index in [4.69, 9.17) is 5.73 Å². The third-order valence-corrected chi connectivity index (χ3v) is 7.72. The molecular formula is C27H29F3N6O3S. The summed E-state index contributed by atoms with van der Waals surface area (Å²) in [7, 11) is -3.89. The molecule has 0 aliphatic carbocycles. The summed E-state index contributed by atoms with van der Waals surface area (Å²) in [5.41, 5.74) is 9.52. The van der Waals surface area contributed by atoms with Crippen LogP contribution >= 0.6 is 0 Å². The average molecular weight is 575 g/mol. The maximum absolute atomic E-state index is 13.2. The molecular weight excluding hydrogens is 545 g/mol. The van der Waals surface area contributed by atoms with Gasteiger partial charge in [0.2, 0.25) is 0 Å². The van der Waals surface area contributed by atoms with E-state index in [1.807, 2.05) is 42.5 Å². The van der Waals surface area contributed by atoms with Crippen LogP contribution in [0.4, 0.5) is 19.0 Å². The van der Waals surface area contributed by atoms with Gasteiger partial charge in [0.1, 0.15) is 10.7 Å². The van der Waals surface area contributed by atoms with Gasteiger partial charge in [-0.15, -0.1) is 0 Å². The Hall–Kier alpha value is -4.00. The number of nitrogen functional groups attached to an aromatic ring is 1. The summed E-state index contributed by atoms with van der Waals surface area (Å²) in [6, 6.07) is 11.7. The Morgan fingerprint density at radius 3 is 2.27 bits per heavy atom. The zero-order valence-corrected chi connectivity index (χ0v) is 23.2. The second kappa shape index (κ2) is 10.9. The van der Waals surface area contributed by atoms with Crippen LogP contribution in [0.5, 0.6) is 0 Å². The standard InChI is InChI=1S/C27H29F3N6O3S/c1-16(2)35(26(37)27(28,29)30)17(3)10-12-22-23(40(4,38)39)24(31)36-25(34-22)20(15-33-36)19-11-13-21(32-14-19)18-8-6-5-7-9-18/h5-9,11,13-17H,10,12,31H2,1-4H3/t17-/m1/s1. The number of benzene rings is 1. The number of carbonyl (C=O) groups excluding carboxylic acids is 1. The van der Waals surface area contributed by atoms with Crippen LogP contribution in [0.25, 0.3) is 28.0 Å². The van der Waals surface area contributed by atoms with E-state index in [0.29, 0.717) is 11.1 Å². The van der Waals surface area contributed by atoms with E-state index in [2.05, 4.69) is 15.1 Å². The van der Waals surface area contributed by atoms with E-state index in [-0.39, 0.29) is 34.9 Å². The van der Waals surface area contributed by atoms with Gasteiger partial charge >= 0.3 is 12.1 Å². The number of sulfone groups is 1. The number of fused-ring (bicyclic) bond motifs is 1. The van der Waals surface area contributed by atoms with Gasteiger partial charge in [-0.05, 0) is 39.7 Å². The van der Waals surface area contributed by atoms with Crippen molar-refractivity contribution in [2.24, 2.45) is 0 Å². The third kappa shape index (κ3) is 5.79. The van der Waals surface area contributed by atoms with E-state index < -0.39 is 34.0 Å². The lowest BCUT2D eigenvalue weighted by Gasteiger charge is -2.33. The normalized spacial score (nSPS) is 13.1. The summed E-state index contributed by atoms with van der Waals surface area (Å²) in [6.07, 6.45) is -0.945. The maximum atomic E-state index is 13.2. The Morgan fingerprint density at radius 2 is 1.73 bits per heavy atom. The Labute approximate surface area is 229 Å². The minimum Gasteiger partial charge on any atom is -0.382 e. The van der Waals surface area contributed by atoms with Gasteiger partial charge in [-0.1, -0.05) is 36.4 Å². The fraction of sp³-hybridized carbons (Fsp3) is 0.333. The molecule has 1 amide bonds. The van der Waals surface area contributed by atoms with Crippen LogP contribution in [0.15, 0.2) is 59.8 Å². The summed E-state index contributed by atoms with van der Waals surface area (Å²) in [4.78, 5) is 21.6. The number of hydrogen-bond donors (Lipinski definition) is 1. The largest absolute Gasteiger partial charge is 0.471 e. The van der Waals surface area contributed by atoms with Crippen molar-refractivity contribution in [1.82, 2.24) is 24.5 Å². The number of halogens is 3. The Balaban J connectivity index is 1.73. The number of pyridine rings is 1. The number of nitrogens with two attached hydrogens (primary N) is 1. The number of aryl methyl sites for hydroxylation is 1. The van der Waals surface area contributed by atoms with Crippen LogP contribution in [0.2, 0.25) is 0 Å². The number of alkyl halides is 3. The SMILES string of the molecule is CC(C)N(C(=O)C(F)(F)F)[C@H](C)CCc1nc2c(-c3ccc(-c4ccccc4)nc3)cnn2c(N)c1S(C)(=O)=O. The molecule has 4 aromatic rings. The molecule has 4 rings (SSSR count). The smallest absolute Gasteiger partial charge is 0.382 e. The molecule has 0 aliphatic heterocycles. The van der Waals surface area contributed by atoms with Crippen molar-refractivity contribution in [2.75, 3.05) is 12.0 Å². The van der Waals surface area contributed by atoms with Gasteiger partial charge in [-0.25, -0.2) is 13.4 Å². The molecule has 0 radical (unpaired) electrons. The van der Waals surface area contributed by atoms with Crippen LogP contribution < -0.4 is 5.73 Å². The van der Waals surface area contributed by atoms with Gasteiger partial charge in [0.05, 0.1) is 17.6 Å². The van der Waals surface area contributed by atoms with Crippen molar-refractivity contribution in [1.29, 1.82) is 0 Å². The number of aromatic nitrogens is 4. The van der Waals surface area contributed by atoms with E-state index in [1.54, 1.807) is 6.20 Å². The van der Waals surface area contributed by atoms with Crippen molar-refractivity contribution >= 4 is 27.2 Å². The summed E-state index contributed by atoms with van der Waals surface area (Å²) >= 11 is 0. The Bertz CT molecular complexity index is 1640. The number of hydrogen-bond acceptors (Lipinski definition) is 7. The van der Waals surface area contributed by atoms with Crippen LogP contribution in [-0.4, -0.2) is 63.3 Å². The van der Waals surface area contributed by atoms with Crippen molar-refractivity contribution in [3.05, 3.63) is 60.6 Å². The first-order valence-corrected chi connectivity index (χ1v) is 14.4. The molecule has 2 N–H and O–H groups in total. The van der Waals surface area contributed by atoms with E-state index in [9.17, 15) is 26.4 Å². The van der Waals surface area contributed by atoms with Crippen molar-refractivity contribution in [2.45, 2.75) is 56.8 Å². The molecule has 0 unspecified atom stereocenters. The van der Waals surface area contributed by atoms with E-state index >= 15 is 0 Å². The third-order valence-electron chi connectivity index (χ3n) is 6.53. The van der Waals surface area contributed by atoms with Crippen molar-refractivity contribution in [3.63, 3.8) is 0 Å². The van der Waals surface area contributed by atoms with Gasteiger partial charge in [-0.2, -0.15) is 22.8 Å². The van der Waals surface area contributed by atoms with Crippen LogP contribution in [0.1, 0.15) is 32.9 Å². The molecule has 3 heterocycles. The molecule has 212 valence electrons. The lowest BCUT2D eigenvalue weighted by Crippen LogP contribution is -2.49. The number of carbonyl (C=O) groups is 1. The second-order valence-corrected chi connectivity index (χ2v) is 11.8. The molecule has 0 bridgehead atoms. The summed E-state index contributed by atoms with van der Waals surface area (Å²) < 4.78 is 66.3. The number of nitrogens with zero attached hydrogens (tertiary/aromatic N) is 5. The minimum atomic E-state index is -5.03. The molecule has 9 nitrogen and oxygen atoms in total. The molecule has 0 spiro atoms. The highest BCUT2D eigenvalue weighted by Gasteiger charge is 2.44. The predicted molar refractivity (Wildman–Crippen MR) is 145 cm³/mol. The van der Waals surface area contributed by atoms with Gasteiger partial charge < -0.3 is 10.6 Å². The average Bonchev–Trinajstić information content (AvgIpc) is 3.31. The highest BCUT2D eigenvalue weighted by Crippen LogP contribution is 2.31. The predicted octanol–water partition coefficient (Wildman–Crippen LogP) is 4.56. The second-order valence-electron chi connectivity index (χ2n) is 9.83. The van der Waals surface area contributed by atoms with Gasteiger partial charge in [-0.3, -0.25) is 9.78 Å². The molecule has 0 aliphatic rings. The van der Waals surface area contributed by atoms with Crippen LogP contribution in [-0.2, 0) is 21.1 Å². The minimum absolute atomic E-state index is 0.0158. The fourth-order valence-corrected chi connectivity index (χ4v) is 5.78. The number of amides is 1. The first-order chi connectivity index (χ1) is 18.7. The van der Waals surface area contributed by atoms with Gasteiger partial charge in [0.25, 0.3) is 0 Å². The highest BCUT2D eigenvalue weighted by molar-refractivity contribution is 7.91. The van der Waals surface area contributed by atoms with E-state index in [1.165, 1.54) is 31.5 Å². The van der Waals surface area contributed by atoms with Gasteiger partial charge in [0, 0.05) is 41.2 Å². The maximum Gasteiger partial charge on any atom is 0.471 e. The highest BCUT2D eigenvalue weighted by atomic mass is 32.2. The molecule has 0 saturated carbocycles. The number of anilines is 1. The van der Waals surface area contributed by atoms with Crippen molar-refractivity contribution < 1.29 is 26.4 Å². The topological polar surface area (TPSA) is 124 Å². The molecule has 13 heteroatoms. The zero-order chi connectivity index (χ0) is 29.4. The summed E-state index contributed by atoms with van der Waals surface area (Å²) in [6.45, 7) is 4.45. The zero-order valence-electron chi connectivity index (χ0n) is 22.3. The lowest BCUT2D eigenvalue weighted by molar-refractivity contribution is -0.189. The Kier molecular flexibility index (Phi) is 7.88. The Morgan fingerprint density at radius 1 is 1.05 bits per heavy atom. The first-order valence-electron chi connectivity index (χ1n) is 12.5. The quantitative estimate of drug-likeness (QED) is 0.327. The van der Waals surface area contributed by atoms with Crippen LogP contribution in [0, 0.1) is 0 Å².